The number of aliphatic hydroxyl groups excluding tert-OH is 3. The minimum Gasteiger partial charge on any atom is -0.394 e. The highest BCUT2D eigenvalue weighted by Crippen LogP contribution is 2.29. The summed E-state index contributed by atoms with van der Waals surface area (Å²) in [5, 5.41) is 32.6. The van der Waals surface area contributed by atoms with Crippen LogP contribution in [0.2, 0.25) is 0 Å². The van der Waals surface area contributed by atoms with E-state index in [1.165, 1.54) is 39.2 Å². The van der Waals surface area contributed by atoms with E-state index in [0.29, 0.717) is 19.1 Å². The van der Waals surface area contributed by atoms with E-state index in [9.17, 15) is 15.3 Å². The van der Waals surface area contributed by atoms with Crippen molar-refractivity contribution in [1.29, 1.82) is 0 Å². The quantitative estimate of drug-likeness (QED) is 0.190. The molecular formula is C20H39NO6S2. The Bertz CT molecular complexity index is 430. The van der Waals surface area contributed by atoms with Crippen LogP contribution in [0.3, 0.4) is 0 Å². The van der Waals surface area contributed by atoms with Gasteiger partial charge in [-0.2, -0.15) is 29.5 Å². The van der Waals surface area contributed by atoms with Crippen molar-refractivity contribution >= 4 is 24.4 Å². The number of rotatable bonds is 13. The fraction of sp³-hybridized carbons (Fsp3) is 1.00. The first-order valence-corrected chi connectivity index (χ1v) is 12.6. The van der Waals surface area contributed by atoms with Crippen molar-refractivity contribution in [2.45, 2.75) is 75.6 Å². The predicted molar refractivity (Wildman–Crippen MR) is 118 cm³/mol. The third-order valence-electron chi connectivity index (χ3n) is 5.82. The largest absolute Gasteiger partial charge is 0.394 e. The van der Waals surface area contributed by atoms with E-state index in [0.717, 1.165) is 30.1 Å². The fourth-order valence-electron chi connectivity index (χ4n) is 4.16. The van der Waals surface area contributed by atoms with Crippen LogP contribution in [0.5, 0.6) is 0 Å². The molecule has 1 saturated heterocycles. The third kappa shape index (κ3) is 8.12. The molecule has 0 aromatic heterocycles. The number of hydrogen-bond acceptors (Lipinski definition) is 9. The lowest BCUT2D eigenvalue weighted by Crippen LogP contribution is -2.63. The number of nitrogens with zero attached hydrogens (tertiary/aromatic N) is 1. The smallest absolute Gasteiger partial charge is 0.162 e. The van der Waals surface area contributed by atoms with Crippen LogP contribution in [0.4, 0.5) is 0 Å². The number of thioether (sulfide) groups is 1. The molecule has 172 valence electrons. The Morgan fingerprint density at radius 3 is 2.55 bits per heavy atom. The predicted octanol–water partition coefficient (Wildman–Crippen LogP) is 1.70. The topological polar surface area (TPSA) is 91.6 Å². The molecule has 7 nitrogen and oxygen atoms in total. The Morgan fingerprint density at radius 2 is 1.90 bits per heavy atom. The van der Waals surface area contributed by atoms with Gasteiger partial charge in [-0.1, -0.05) is 32.1 Å². The molecule has 0 aromatic carbocycles. The SMILES string of the molecule is CON(CCCSCCS)[C@@H]1OC(CO)[C@H](O)[C@H](OCCC2CCCCC2)C1O. The van der Waals surface area contributed by atoms with E-state index in [4.69, 9.17) is 14.3 Å². The van der Waals surface area contributed by atoms with E-state index >= 15 is 0 Å². The van der Waals surface area contributed by atoms with Crippen molar-refractivity contribution in [1.82, 2.24) is 5.06 Å². The summed E-state index contributed by atoms with van der Waals surface area (Å²) in [6.07, 6.45) is 3.54. The maximum absolute atomic E-state index is 10.9. The molecule has 1 saturated carbocycles. The summed E-state index contributed by atoms with van der Waals surface area (Å²) in [5.74, 6) is 3.46. The molecule has 2 rings (SSSR count). The molecule has 1 heterocycles. The zero-order valence-electron chi connectivity index (χ0n) is 17.5. The number of aliphatic hydroxyl groups is 3. The lowest BCUT2D eigenvalue weighted by atomic mass is 9.87. The molecule has 0 bridgehead atoms. The van der Waals surface area contributed by atoms with Gasteiger partial charge in [-0.15, -0.1) is 0 Å². The van der Waals surface area contributed by atoms with Crippen LogP contribution in [0.25, 0.3) is 0 Å². The second-order valence-corrected chi connectivity index (χ2v) is 9.54. The Balaban J connectivity index is 1.89. The van der Waals surface area contributed by atoms with Gasteiger partial charge in [0.25, 0.3) is 0 Å². The van der Waals surface area contributed by atoms with Crippen LogP contribution >= 0.6 is 24.4 Å². The van der Waals surface area contributed by atoms with Gasteiger partial charge in [-0.3, -0.25) is 4.84 Å². The molecule has 0 radical (unpaired) electrons. The third-order valence-corrected chi connectivity index (χ3v) is 7.42. The molecule has 0 amide bonds. The summed E-state index contributed by atoms with van der Waals surface area (Å²) < 4.78 is 11.7. The van der Waals surface area contributed by atoms with Gasteiger partial charge in [0.05, 0.1) is 13.7 Å². The van der Waals surface area contributed by atoms with E-state index in [2.05, 4.69) is 12.6 Å². The zero-order valence-corrected chi connectivity index (χ0v) is 19.2. The van der Waals surface area contributed by atoms with Gasteiger partial charge >= 0.3 is 0 Å². The molecule has 3 N–H and O–H groups in total. The van der Waals surface area contributed by atoms with Crippen molar-refractivity contribution in [2.75, 3.05) is 44.1 Å². The molecule has 29 heavy (non-hydrogen) atoms. The minimum atomic E-state index is -1.08. The molecule has 2 unspecified atom stereocenters. The first-order valence-electron chi connectivity index (χ1n) is 10.9. The van der Waals surface area contributed by atoms with Crippen molar-refractivity contribution in [3.05, 3.63) is 0 Å². The summed E-state index contributed by atoms with van der Waals surface area (Å²) in [7, 11) is 1.54. The van der Waals surface area contributed by atoms with Crippen LogP contribution < -0.4 is 0 Å². The number of thiol groups is 1. The number of ether oxygens (including phenoxy) is 2. The lowest BCUT2D eigenvalue weighted by Gasteiger charge is -2.45. The van der Waals surface area contributed by atoms with Gasteiger partial charge in [-0.05, 0) is 30.3 Å². The summed E-state index contributed by atoms with van der Waals surface area (Å²) in [5.41, 5.74) is 0. The van der Waals surface area contributed by atoms with Gasteiger partial charge < -0.3 is 24.8 Å². The molecule has 1 aliphatic carbocycles. The number of hydrogen-bond donors (Lipinski definition) is 4. The Labute approximate surface area is 184 Å². The maximum Gasteiger partial charge on any atom is 0.162 e. The van der Waals surface area contributed by atoms with Crippen molar-refractivity contribution in [3.63, 3.8) is 0 Å². The molecule has 0 aromatic rings. The number of hydroxylamine groups is 2. The van der Waals surface area contributed by atoms with Crippen LogP contribution in [-0.2, 0) is 14.3 Å². The standard InChI is InChI=1S/C20H39NO6S2/c1-25-21(9-5-12-29-13-11-28)20-18(24)19(17(23)16(14-22)27-20)26-10-8-15-6-3-2-4-7-15/h15-20,22-24,28H,2-14H2,1H3/t16?,17-,18?,19-,20+/m0/s1. The highest BCUT2D eigenvalue weighted by molar-refractivity contribution is 7.99. The Morgan fingerprint density at radius 1 is 1.14 bits per heavy atom. The molecule has 5 atom stereocenters. The van der Waals surface area contributed by atoms with Crippen LogP contribution in [-0.4, -0.2) is 95.2 Å². The first-order chi connectivity index (χ1) is 14.1. The summed E-state index contributed by atoms with van der Waals surface area (Å²) in [6.45, 7) is 0.713. The van der Waals surface area contributed by atoms with Crippen molar-refractivity contribution in [3.8, 4) is 0 Å². The second-order valence-electron chi connectivity index (χ2n) is 7.87. The highest BCUT2D eigenvalue weighted by Gasteiger charge is 2.47. The average molecular weight is 454 g/mol. The summed E-state index contributed by atoms with van der Waals surface area (Å²) in [6, 6.07) is 0. The first kappa shape index (κ1) is 25.7. The molecule has 2 fully saturated rings. The fourth-order valence-corrected chi connectivity index (χ4v) is 5.21. The van der Waals surface area contributed by atoms with E-state index in [-0.39, 0.29) is 6.61 Å². The van der Waals surface area contributed by atoms with E-state index in [1.54, 1.807) is 5.06 Å². The van der Waals surface area contributed by atoms with Crippen LogP contribution in [0, 0.1) is 5.92 Å². The van der Waals surface area contributed by atoms with Crippen molar-refractivity contribution < 1.29 is 29.6 Å². The Hall–Kier alpha value is 0.420. The van der Waals surface area contributed by atoms with Crippen LogP contribution in [0.15, 0.2) is 0 Å². The Kier molecular flexibility index (Phi) is 12.8. The summed E-state index contributed by atoms with van der Waals surface area (Å²) in [4.78, 5) is 5.45. The molecule has 2 aliphatic rings. The summed E-state index contributed by atoms with van der Waals surface area (Å²) >= 11 is 6.02. The van der Waals surface area contributed by atoms with Gasteiger partial charge in [0.15, 0.2) is 6.23 Å². The normalized spacial score (nSPS) is 31.4. The van der Waals surface area contributed by atoms with Crippen molar-refractivity contribution in [2.24, 2.45) is 5.92 Å². The van der Waals surface area contributed by atoms with E-state index < -0.39 is 30.6 Å². The molecular weight excluding hydrogens is 414 g/mol. The van der Waals surface area contributed by atoms with Crippen LogP contribution in [0.1, 0.15) is 44.9 Å². The monoisotopic (exact) mass is 453 g/mol. The van der Waals surface area contributed by atoms with Gasteiger partial charge in [0.2, 0.25) is 0 Å². The van der Waals surface area contributed by atoms with Gasteiger partial charge in [0, 0.05) is 18.9 Å². The van der Waals surface area contributed by atoms with Gasteiger partial charge in [-0.25, -0.2) is 0 Å². The minimum absolute atomic E-state index is 0.345. The lowest BCUT2D eigenvalue weighted by molar-refractivity contribution is -0.332. The molecule has 1 aliphatic heterocycles. The second kappa shape index (κ2) is 14.5. The zero-order chi connectivity index (χ0) is 21.1. The van der Waals surface area contributed by atoms with E-state index in [1.807, 2.05) is 11.8 Å². The molecule has 9 heteroatoms. The maximum atomic E-state index is 10.9. The molecule has 0 spiro atoms. The highest BCUT2D eigenvalue weighted by atomic mass is 32.2. The van der Waals surface area contributed by atoms with Gasteiger partial charge in [0.1, 0.15) is 24.4 Å². The average Bonchev–Trinajstić information content (AvgIpc) is 2.74.